The first kappa shape index (κ1) is 47.1. The number of rotatable bonds is 15. The predicted octanol–water partition coefficient (Wildman–Crippen LogP) is 4.34. The number of amides is 5. The minimum absolute atomic E-state index is 0. The molecule has 16 nitrogen and oxygen atoms in total. The van der Waals surface area contributed by atoms with Crippen LogP contribution in [0.2, 0.25) is 0 Å². The molecular formula is C41H58Cl2N8O8. The summed E-state index contributed by atoms with van der Waals surface area (Å²) in [5.74, 6) is -0.130. The number of carbonyl (C=O) groups is 4. The Kier molecular flexibility index (Phi) is 19.5. The number of nitrogens with zero attached hydrogens (tertiary/aromatic N) is 5. The van der Waals surface area contributed by atoms with Gasteiger partial charge in [-0.1, -0.05) is 54.6 Å². The van der Waals surface area contributed by atoms with E-state index in [1.165, 1.54) is 0 Å². The number of halogens is 2. The second kappa shape index (κ2) is 24.5. The van der Waals surface area contributed by atoms with E-state index in [0.29, 0.717) is 84.8 Å². The number of hydrogen-bond acceptors (Lipinski definition) is 10. The Morgan fingerprint density at radius 3 is 2.19 bits per heavy atom. The van der Waals surface area contributed by atoms with Gasteiger partial charge in [0, 0.05) is 90.2 Å². The van der Waals surface area contributed by atoms with Crippen molar-refractivity contribution < 1.29 is 38.1 Å². The van der Waals surface area contributed by atoms with Gasteiger partial charge in [0.2, 0.25) is 5.91 Å². The molecule has 3 aliphatic heterocycles. The summed E-state index contributed by atoms with van der Waals surface area (Å²) in [5, 5.41) is 5.99. The highest BCUT2D eigenvalue weighted by Gasteiger charge is 2.40. The van der Waals surface area contributed by atoms with E-state index in [-0.39, 0.29) is 55.9 Å². The monoisotopic (exact) mass is 860 g/mol. The minimum atomic E-state index is -0.698. The van der Waals surface area contributed by atoms with Gasteiger partial charge in [0.25, 0.3) is 0 Å². The number of carbonyl (C=O) groups excluding carboxylic acids is 4. The van der Waals surface area contributed by atoms with Gasteiger partial charge in [-0.3, -0.25) is 4.79 Å². The number of ether oxygens (including phenoxy) is 4. The van der Waals surface area contributed by atoms with E-state index in [1.807, 2.05) is 65.4 Å². The van der Waals surface area contributed by atoms with Crippen molar-refractivity contribution in [2.75, 3.05) is 59.0 Å². The first-order valence-corrected chi connectivity index (χ1v) is 20.0. The summed E-state index contributed by atoms with van der Waals surface area (Å²) in [6.45, 7) is 4.98. The molecule has 324 valence electrons. The second-order valence-corrected chi connectivity index (χ2v) is 14.7. The lowest BCUT2D eigenvalue weighted by Gasteiger charge is -2.39. The van der Waals surface area contributed by atoms with Crippen LogP contribution in [0.4, 0.5) is 14.4 Å². The number of benzene rings is 2. The normalized spacial score (nSPS) is 19.5. The summed E-state index contributed by atoms with van der Waals surface area (Å²) < 4.78 is 26.3. The van der Waals surface area contributed by atoms with Crippen molar-refractivity contribution in [2.45, 2.75) is 76.7 Å². The SMILES string of the molecule is Cl.Cl.NCc1ccc(CNC(=O)N2CCN(C(=O)O[C@@H]3CCO[C@H](COC(=O)N4CCC(C(=O)NCCCCn5ccnc5)CC4)[C@H]3OCc3ccccc3)CC2)cc1. The lowest BCUT2D eigenvalue weighted by Crippen LogP contribution is -2.55. The van der Waals surface area contributed by atoms with Gasteiger partial charge in [0.1, 0.15) is 24.9 Å². The van der Waals surface area contributed by atoms with Crippen LogP contribution in [-0.2, 0) is 50.0 Å². The number of nitrogens with one attached hydrogen (secondary N) is 2. The van der Waals surface area contributed by atoms with Crippen molar-refractivity contribution in [1.29, 1.82) is 0 Å². The lowest BCUT2D eigenvalue weighted by molar-refractivity contribution is -0.178. The third kappa shape index (κ3) is 14.3. The molecule has 0 radical (unpaired) electrons. The van der Waals surface area contributed by atoms with Crippen LogP contribution in [0.1, 0.15) is 48.8 Å². The van der Waals surface area contributed by atoms with Crippen LogP contribution in [-0.4, -0.2) is 126 Å². The summed E-state index contributed by atoms with van der Waals surface area (Å²) in [5.41, 5.74) is 8.61. The molecule has 0 unspecified atom stereocenters. The van der Waals surface area contributed by atoms with E-state index in [2.05, 4.69) is 15.6 Å². The molecule has 3 fully saturated rings. The number of imidazole rings is 1. The topological polar surface area (TPSA) is 183 Å². The number of piperazine rings is 1. The molecule has 5 amide bonds. The number of likely N-dealkylation sites (tertiary alicyclic amines) is 1. The second-order valence-electron chi connectivity index (χ2n) is 14.7. The van der Waals surface area contributed by atoms with E-state index in [0.717, 1.165) is 36.1 Å². The zero-order chi connectivity index (χ0) is 39.8. The maximum atomic E-state index is 13.5. The Balaban J connectivity index is 0.00000384. The summed E-state index contributed by atoms with van der Waals surface area (Å²) in [6, 6.07) is 17.2. The van der Waals surface area contributed by atoms with E-state index in [4.69, 9.17) is 24.7 Å². The van der Waals surface area contributed by atoms with Crippen LogP contribution in [0, 0.1) is 5.92 Å². The quantitative estimate of drug-likeness (QED) is 0.186. The van der Waals surface area contributed by atoms with Crippen LogP contribution in [0.25, 0.3) is 0 Å². The molecule has 1 aromatic heterocycles. The molecule has 3 atom stereocenters. The maximum absolute atomic E-state index is 13.5. The average Bonchev–Trinajstić information content (AvgIpc) is 3.78. The van der Waals surface area contributed by atoms with Gasteiger partial charge in [-0.25, -0.2) is 19.4 Å². The number of piperidine rings is 1. The molecular weight excluding hydrogens is 803 g/mol. The molecule has 0 aliphatic carbocycles. The third-order valence-corrected chi connectivity index (χ3v) is 10.7. The number of aryl methyl sites for hydroxylation is 1. The fourth-order valence-corrected chi connectivity index (χ4v) is 7.23. The van der Waals surface area contributed by atoms with Crippen LogP contribution >= 0.6 is 24.8 Å². The Morgan fingerprint density at radius 1 is 0.797 bits per heavy atom. The Morgan fingerprint density at radius 2 is 1.49 bits per heavy atom. The predicted molar refractivity (Wildman–Crippen MR) is 224 cm³/mol. The van der Waals surface area contributed by atoms with Gasteiger partial charge in [-0.15, -0.1) is 24.8 Å². The molecule has 3 saturated heterocycles. The van der Waals surface area contributed by atoms with Crippen molar-refractivity contribution in [1.82, 2.24) is 34.9 Å². The van der Waals surface area contributed by atoms with E-state index in [9.17, 15) is 19.2 Å². The van der Waals surface area contributed by atoms with Crippen molar-refractivity contribution in [3.05, 3.63) is 90.0 Å². The minimum Gasteiger partial charge on any atom is -0.447 e. The molecule has 3 aliphatic rings. The summed E-state index contributed by atoms with van der Waals surface area (Å²) >= 11 is 0. The van der Waals surface area contributed by atoms with Gasteiger partial charge in [-0.05, 0) is 42.4 Å². The summed E-state index contributed by atoms with van der Waals surface area (Å²) in [6.07, 6.45) is 5.81. The Bertz CT molecular complexity index is 1710. The smallest absolute Gasteiger partial charge is 0.410 e. The Labute approximate surface area is 358 Å². The first-order chi connectivity index (χ1) is 27.9. The highest BCUT2D eigenvalue weighted by atomic mass is 35.5. The third-order valence-electron chi connectivity index (χ3n) is 10.7. The van der Waals surface area contributed by atoms with Crippen molar-refractivity contribution in [2.24, 2.45) is 11.7 Å². The van der Waals surface area contributed by atoms with Gasteiger partial charge in [0.05, 0.1) is 19.5 Å². The number of urea groups is 1. The zero-order valence-electron chi connectivity index (χ0n) is 33.4. The molecule has 6 rings (SSSR count). The molecule has 0 bridgehead atoms. The van der Waals surface area contributed by atoms with Crippen molar-refractivity contribution in [3.63, 3.8) is 0 Å². The van der Waals surface area contributed by atoms with Crippen molar-refractivity contribution >= 4 is 48.9 Å². The number of hydrogen-bond donors (Lipinski definition) is 3. The molecule has 18 heteroatoms. The molecule has 3 aromatic rings. The fraction of sp³-hybridized carbons (Fsp3) is 0.537. The number of unbranched alkanes of at least 4 members (excludes halogenated alkanes) is 1. The molecule has 59 heavy (non-hydrogen) atoms. The lowest BCUT2D eigenvalue weighted by atomic mass is 9.96. The van der Waals surface area contributed by atoms with Crippen LogP contribution < -0.4 is 16.4 Å². The van der Waals surface area contributed by atoms with Gasteiger partial charge >= 0.3 is 18.2 Å². The zero-order valence-corrected chi connectivity index (χ0v) is 35.0. The van der Waals surface area contributed by atoms with Crippen LogP contribution in [0.5, 0.6) is 0 Å². The van der Waals surface area contributed by atoms with Crippen molar-refractivity contribution in [3.8, 4) is 0 Å². The van der Waals surface area contributed by atoms with Crippen LogP contribution in [0.3, 0.4) is 0 Å². The van der Waals surface area contributed by atoms with E-state index >= 15 is 0 Å². The summed E-state index contributed by atoms with van der Waals surface area (Å²) in [7, 11) is 0. The number of nitrogens with two attached hydrogens (primary N) is 1. The standard InChI is InChI=1S/C41H56N8O8.2ClH/c42-26-31-8-10-32(11-9-31)27-45-39(51)47-21-23-49(24-22-47)41(53)57-35-14-25-54-36(37(35)55-28-33-6-2-1-3-7-33)29-56-40(52)48-18-12-34(13-19-48)38(50)44-15-4-5-17-46-20-16-43-30-46;;/h1-3,6-11,16,20,30,34-37H,4-5,12-15,17-19,21-29,42H2,(H,44,50)(H,45,51);2*1H/t35-,36-,37+;;/m1../s1. The van der Waals surface area contributed by atoms with E-state index in [1.54, 1.807) is 27.2 Å². The molecule has 4 N–H and O–H groups in total. The average molecular weight is 862 g/mol. The van der Waals surface area contributed by atoms with Gasteiger partial charge in [0.15, 0.2) is 0 Å². The van der Waals surface area contributed by atoms with E-state index < -0.39 is 30.5 Å². The number of aromatic nitrogens is 2. The maximum Gasteiger partial charge on any atom is 0.410 e. The fourth-order valence-electron chi connectivity index (χ4n) is 7.23. The molecule has 2 aromatic carbocycles. The summed E-state index contributed by atoms with van der Waals surface area (Å²) in [4.78, 5) is 61.3. The molecule has 4 heterocycles. The molecule has 0 spiro atoms. The largest absolute Gasteiger partial charge is 0.447 e. The highest BCUT2D eigenvalue weighted by Crippen LogP contribution is 2.25. The van der Waals surface area contributed by atoms with Crippen LogP contribution in [0.15, 0.2) is 73.3 Å². The van der Waals surface area contributed by atoms with Gasteiger partial charge in [-0.2, -0.15) is 0 Å². The Hall–Kier alpha value is -4.61. The first-order valence-electron chi connectivity index (χ1n) is 20.0. The molecule has 0 saturated carbocycles. The highest BCUT2D eigenvalue weighted by molar-refractivity contribution is 5.85. The van der Waals surface area contributed by atoms with Gasteiger partial charge < -0.3 is 54.6 Å².